The van der Waals surface area contributed by atoms with Gasteiger partial charge in [-0.2, -0.15) is 0 Å². The Morgan fingerprint density at radius 3 is 2.89 bits per heavy atom. The number of aryl methyl sites for hydroxylation is 1. The molecule has 0 aromatic heterocycles. The second kappa shape index (κ2) is 4.86. The number of benzene rings is 1. The number of nitrogens with zero attached hydrogens (tertiary/aromatic N) is 1. The van der Waals surface area contributed by atoms with Crippen molar-refractivity contribution in [3.05, 3.63) is 23.3 Å². The third-order valence-electron chi connectivity index (χ3n) is 3.52. The van der Waals surface area contributed by atoms with Crippen LogP contribution in [-0.4, -0.2) is 36.7 Å². The van der Waals surface area contributed by atoms with E-state index in [0.29, 0.717) is 13.1 Å². The zero-order chi connectivity index (χ0) is 13.3. The lowest BCUT2D eigenvalue weighted by atomic mass is 10.0. The molecule has 0 unspecified atom stereocenters. The summed E-state index contributed by atoms with van der Waals surface area (Å²) in [5, 5.41) is 13.1. The van der Waals surface area contributed by atoms with Crippen molar-refractivity contribution in [2.75, 3.05) is 24.5 Å². The smallest absolute Gasteiger partial charge is 0.236 e. The van der Waals surface area contributed by atoms with Crippen molar-refractivity contribution in [3.8, 4) is 5.75 Å². The molecule has 1 aliphatic rings. The molecule has 1 saturated heterocycles. The van der Waals surface area contributed by atoms with Crippen LogP contribution in [0.4, 0.5) is 5.69 Å². The number of piperazine rings is 1. The normalized spacial score (nSPS) is 19.9. The summed E-state index contributed by atoms with van der Waals surface area (Å²) in [6.45, 7) is 5.91. The fourth-order valence-electron chi connectivity index (χ4n) is 2.33. The Bertz CT molecular complexity index is 474. The first-order valence-corrected chi connectivity index (χ1v) is 6.07. The largest absolute Gasteiger partial charge is 0.506 e. The van der Waals surface area contributed by atoms with Crippen LogP contribution in [0.15, 0.2) is 12.1 Å². The van der Waals surface area contributed by atoms with Gasteiger partial charge in [0.25, 0.3) is 0 Å². The van der Waals surface area contributed by atoms with Gasteiger partial charge in [-0.25, -0.2) is 0 Å². The van der Waals surface area contributed by atoms with Gasteiger partial charge < -0.3 is 21.1 Å². The van der Waals surface area contributed by atoms with Crippen molar-refractivity contribution < 1.29 is 9.90 Å². The zero-order valence-corrected chi connectivity index (χ0v) is 10.7. The van der Waals surface area contributed by atoms with E-state index in [1.165, 1.54) is 0 Å². The first-order valence-electron chi connectivity index (χ1n) is 6.07. The van der Waals surface area contributed by atoms with Crippen LogP contribution in [0.3, 0.4) is 0 Å². The Kier molecular flexibility index (Phi) is 3.43. The van der Waals surface area contributed by atoms with Gasteiger partial charge in [0.05, 0.1) is 5.69 Å². The molecule has 0 aliphatic carbocycles. The fraction of sp³-hybridized carbons (Fsp3) is 0.462. The van der Waals surface area contributed by atoms with Crippen LogP contribution in [0.1, 0.15) is 11.1 Å². The Balaban J connectivity index is 2.31. The second-order valence-electron chi connectivity index (χ2n) is 4.73. The number of carbonyl (C=O) groups excluding carboxylic acids is 1. The van der Waals surface area contributed by atoms with Crippen molar-refractivity contribution in [2.24, 2.45) is 5.73 Å². The molecule has 0 radical (unpaired) electrons. The number of hydrogen-bond acceptors (Lipinski definition) is 4. The number of phenols is 1. The lowest BCUT2D eigenvalue weighted by Crippen LogP contribution is -2.56. The quantitative estimate of drug-likeness (QED) is 0.703. The van der Waals surface area contributed by atoms with Crippen LogP contribution >= 0.6 is 0 Å². The summed E-state index contributed by atoms with van der Waals surface area (Å²) >= 11 is 0. The van der Waals surface area contributed by atoms with Crippen molar-refractivity contribution in [2.45, 2.75) is 19.9 Å². The molecule has 1 atom stereocenters. The second-order valence-corrected chi connectivity index (χ2v) is 4.73. The highest BCUT2D eigenvalue weighted by Gasteiger charge is 2.26. The highest BCUT2D eigenvalue weighted by Crippen LogP contribution is 2.33. The minimum absolute atomic E-state index is 0.253. The van der Waals surface area contributed by atoms with Crippen molar-refractivity contribution in [3.63, 3.8) is 0 Å². The highest BCUT2D eigenvalue weighted by molar-refractivity contribution is 5.81. The molecule has 1 aliphatic heterocycles. The van der Waals surface area contributed by atoms with Crippen molar-refractivity contribution in [1.82, 2.24) is 5.32 Å². The molecule has 0 saturated carbocycles. The number of hydrogen-bond donors (Lipinski definition) is 3. The van der Waals surface area contributed by atoms with Gasteiger partial charge in [-0.15, -0.1) is 0 Å². The van der Waals surface area contributed by atoms with E-state index in [1.54, 1.807) is 6.07 Å². The van der Waals surface area contributed by atoms with E-state index in [1.807, 2.05) is 24.8 Å². The van der Waals surface area contributed by atoms with E-state index in [2.05, 4.69) is 5.32 Å². The standard InChI is InChI=1S/C13H19N3O2/c1-8-3-4-11(17)12(9(8)2)16-6-5-15-10(7-16)13(14)18/h3-4,10,15,17H,5-7H2,1-2H3,(H2,14,18)/t10-/m0/s1. The summed E-state index contributed by atoms with van der Waals surface area (Å²) in [6, 6.07) is 3.22. The summed E-state index contributed by atoms with van der Waals surface area (Å²) in [5.41, 5.74) is 8.29. The third-order valence-corrected chi connectivity index (χ3v) is 3.52. The van der Waals surface area contributed by atoms with Crippen LogP contribution in [0, 0.1) is 13.8 Å². The van der Waals surface area contributed by atoms with E-state index in [4.69, 9.17) is 5.73 Å². The number of amides is 1. The molecule has 1 fully saturated rings. The van der Waals surface area contributed by atoms with E-state index in [9.17, 15) is 9.90 Å². The minimum atomic E-state index is -0.363. The Hall–Kier alpha value is -1.75. The monoisotopic (exact) mass is 249 g/mol. The summed E-state index contributed by atoms with van der Waals surface area (Å²) in [7, 11) is 0. The Morgan fingerprint density at radius 1 is 1.50 bits per heavy atom. The third kappa shape index (κ3) is 2.26. The van der Waals surface area contributed by atoms with Crippen LogP contribution in [-0.2, 0) is 4.79 Å². The number of nitrogens with one attached hydrogen (secondary N) is 1. The minimum Gasteiger partial charge on any atom is -0.506 e. The number of phenolic OH excluding ortho intramolecular Hbond substituents is 1. The predicted octanol–water partition coefficient (Wildman–Crippen LogP) is 0.273. The maximum Gasteiger partial charge on any atom is 0.236 e. The molecule has 2 rings (SSSR count). The topological polar surface area (TPSA) is 78.6 Å². The molecule has 5 heteroatoms. The lowest BCUT2D eigenvalue weighted by Gasteiger charge is -2.35. The molecular formula is C13H19N3O2. The summed E-state index contributed by atoms with van der Waals surface area (Å²) in [4.78, 5) is 13.3. The number of anilines is 1. The van der Waals surface area contributed by atoms with Gasteiger partial charge in [-0.3, -0.25) is 4.79 Å². The number of nitrogens with two attached hydrogens (primary N) is 1. The van der Waals surface area contributed by atoms with Gasteiger partial charge in [0.15, 0.2) is 0 Å². The van der Waals surface area contributed by atoms with Crippen LogP contribution < -0.4 is 16.0 Å². The lowest BCUT2D eigenvalue weighted by molar-refractivity contribution is -0.120. The first-order chi connectivity index (χ1) is 8.50. The molecule has 1 aromatic carbocycles. The van der Waals surface area contributed by atoms with Gasteiger partial charge in [-0.1, -0.05) is 6.07 Å². The van der Waals surface area contributed by atoms with Crippen LogP contribution in [0.5, 0.6) is 5.75 Å². The molecule has 4 N–H and O–H groups in total. The zero-order valence-electron chi connectivity index (χ0n) is 10.7. The fourth-order valence-corrected chi connectivity index (χ4v) is 2.33. The Labute approximate surface area is 107 Å². The number of rotatable bonds is 2. The first kappa shape index (κ1) is 12.7. The van der Waals surface area contributed by atoms with Gasteiger partial charge in [0.1, 0.15) is 11.8 Å². The molecule has 1 aromatic rings. The summed E-state index contributed by atoms with van der Waals surface area (Å²) in [5.74, 6) is -0.104. The van der Waals surface area contributed by atoms with E-state index in [-0.39, 0.29) is 17.7 Å². The molecule has 5 nitrogen and oxygen atoms in total. The predicted molar refractivity (Wildman–Crippen MR) is 70.8 cm³/mol. The molecular weight excluding hydrogens is 230 g/mol. The van der Waals surface area contributed by atoms with Crippen molar-refractivity contribution >= 4 is 11.6 Å². The van der Waals surface area contributed by atoms with Crippen LogP contribution in [0.2, 0.25) is 0 Å². The maximum atomic E-state index is 11.2. The summed E-state index contributed by atoms with van der Waals surface area (Å²) in [6.07, 6.45) is 0. The number of carbonyl (C=O) groups is 1. The van der Waals surface area contributed by atoms with Gasteiger partial charge in [0.2, 0.25) is 5.91 Å². The summed E-state index contributed by atoms with van der Waals surface area (Å²) < 4.78 is 0. The molecule has 98 valence electrons. The molecule has 0 spiro atoms. The average Bonchev–Trinajstić information content (AvgIpc) is 2.35. The number of primary amides is 1. The van der Waals surface area contributed by atoms with Gasteiger partial charge in [-0.05, 0) is 31.0 Å². The average molecular weight is 249 g/mol. The molecule has 1 heterocycles. The highest BCUT2D eigenvalue weighted by atomic mass is 16.3. The van der Waals surface area contributed by atoms with E-state index < -0.39 is 0 Å². The van der Waals surface area contributed by atoms with Crippen molar-refractivity contribution in [1.29, 1.82) is 0 Å². The molecule has 1 amide bonds. The van der Waals surface area contributed by atoms with Crippen LogP contribution in [0.25, 0.3) is 0 Å². The molecule has 18 heavy (non-hydrogen) atoms. The van der Waals surface area contributed by atoms with E-state index >= 15 is 0 Å². The number of aromatic hydroxyl groups is 1. The van der Waals surface area contributed by atoms with Gasteiger partial charge in [0, 0.05) is 19.6 Å². The molecule has 0 bridgehead atoms. The SMILES string of the molecule is Cc1ccc(O)c(N2CCN[C@H](C(N)=O)C2)c1C. The van der Waals surface area contributed by atoms with E-state index in [0.717, 1.165) is 23.4 Å². The Morgan fingerprint density at radius 2 is 2.22 bits per heavy atom. The van der Waals surface area contributed by atoms with Gasteiger partial charge >= 0.3 is 0 Å². The maximum absolute atomic E-state index is 11.2.